The molecule has 0 saturated carbocycles. The Morgan fingerprint density at radius 1 is 0.946 bits per heavy atom. The molecule has 0 spiro atoms. The quantitative estimate of drug-likeness (QED) is 0.238. The molecular weight excluding hydrogens is 552 g/mol. The van der Waals surface area contributed by atoms with E-state index >= 15 is 0 Å². The third-order valence-corrected chi connectivity index (χ3v) is 7.20. The monoisotopic (exact) mass is 574 g/mol. The highest BCUT2D eigenvalue weighted by Crippen LogP contribution is 2.39. The summed E-state index contributed by atoms with van der Waals surface area (Å²) in [6.45, 7) is 0.393. The van der Waals surface area contributed by atoms with Crippen LogP contribution in [0.4, 0.5) is 5.69 Å². The summed E-state index contributed by atoms with van der Waals surface area (Å²) in [5.74, 6) is 1.71. The minimum absolute atomic E-state index is 0.205. The van der Waals surface area contributed by atoms with Gasteiger partial charge in [0.25, 0.3) is 5.91 Å². The molecule has 0 bridgehead atoms. The molecule has 186 valence electrons. The Hall–Kier alpha value is -3.75. The third-order valence-electron chi connectivity index (χ3n) is 5.70. The first-order valence-electron chi connectivity index (χ1n) is 11.4. The van der Waals surface area contributed by atoms with Gasteiger partial charge in [-0.25, -0.2) is 4.99 Å². The summed E-state index contributed by atoms with van der Waals surface area (Å²) in [7, 11) is 3.21. The minimum Gasteiger partial charge on any atom is -0.497 e. The van der Waals surface area contributed by atoms with Crippen LogP contribution in [0.1, 0.15) is 11.1 Å². The van der Waals surface area contributed by atoms with Crippen LogP contribution in [-0.2, 0) is 11.4 Å². The SMILES string of the molecule is COc1ccc(N=C2NC(=O)/C(=C\c3cc(Br)c(OCc4ccc5ccccc5c4)c(OC)c3)S2)cc1. The second kappa shape index (κ2) is 11.1. The second-order valence-electron chi connectivity index (χ2n) is 8.18. The van der Waals surface area contributed by atoms with E-state index in [0.29, 0.717) is 28.2 Å². The molecule has 0 unspecified atom stereocenters. The summed E-state index contributed by atoms with van der Waals surface area (Å²) in [5, 5.41) is 5.68. The summed E-state index contributed by atoms with van der Waals surface area (Å²) >= 11 is 4.89. The predicted octanol–water partition coefficient (Wildman–Crippen LogP) is 7.09. The van der Waals surface area contributed by atoms with Crippen molar-refractivity contribution in [3.63, 3.8) is 0 Å². The van der Waals surface area contributed by atoms with E-state index in [0.717, 1.165) is 27.0 Å². The Morgan fingerprint density at radius 2 is 1.73 bits per heavy atom. The van der Waals surface area contributed by atoms with E-state index in [1.165, 1.54) is 22.5 Å². The molecule has 1 aliphatic rings. The molecule has 8 heteroatoms. The molecule has 6 nitrogen and oxygen atoms in total. The Labute approximate surface area is 227 Å². The lowest BCUT2D eigenvalue weighted by Gasteiger charge is -2.14. The van der Waals surface area contributed by atoms with Gasteiger partial charge < -0.3 is 19.5 Å². The van der Waals surface area contributed by atoms with Crippen LogP contribution in [-0.4, -0.2) is 25.3 Å². The van der Waals surface area contributed by atoms with Gasteiger partial charge in [-0.3, -0.25) is 4.79 Å². The fourth-order valence-corrected chi connectivity index (χ4v) is 5.27. The van der Waals surface area contributed by atoms with Gasteiger partial charge in [-0.15, -0.1) is 0 Å². The number of nitrogens with zero attached hydrogens (tertiary/aromatic N) is 1. The zero-order valence-electron chi connectivity index (χ0n) is 20.2. The maximum absolute atomic E-state index is 12.6. The molecule has 0 radical (unpaired) electrons. The van der Waals surface area contributed by atoms with Gasteiger partial charge in [0.1, 0.15) is 12.4 Å². The Balaban J connectivity index is 1.33. The van der Waals surface area contributed by atoms with Gasteiger partial charge in [-0.2, -0.15) is 0 Å². The maximum atomic E-state index is 12.6. The first-order chi connectivity index (χ1) is 18.0. The van der Waals surface area contributed by atoms with Crippen LogP contribution in [0.3, 0.4) is 0 Å². The van der Waals surface area contributed by atoms with Crippen LogP contribution in [0.25, 0.3) is 16.8 Å². The van der Waals surface area contributed by atoms with E-state index < -0.39 is 0 Å². The zero-order chi connectivity index (χ0) is 25.8. The number of aliphatic imine (C=N–C) groups is 1. The molecule has 1 N–H and O–H groups in total. The largest absolute Gasteiger partial charge is 0.497 e. The van der Waals surface area contributed by atoms with Gasteiger partial charge in [-0.1, -0.05) is 36.4 Å². The Bertz CT molecular complexity index is 1530. The number of carbonyl (C=O) groups is 1. The number of ether oxygens (including phenoxy) is 3. The Kier molecular flexibility index (Phi) is 7.48. The molecule has 1 aliphatic heterocycles. The third kappa shape index (κ3) is 5.81. The van der Waals surface area contributed by atoms with Crippen molar-refractivity contribution in [3.8, 4) is 17.2 Å². The van der Waals surface area contributed by atoms with Crippen molar-refractivity contribution in [2.75, 3.05) is 14.2 Å². The molecular formula is C29H23BrN2O4S. The first kappa shape index (κ1) is 24.9. The molecule has 37 heavy (non-hydrogen) atoms. The summed E-state index contributed by atoms with van der Waals surface area (Å²) in [4.78, 5) is 17.6. The number of hydrogen-bond acceptors (Lipinski definition) is 6. The standard InChI is InChI=1S/C29H23BrN2O4S/c1-34-23-11-9-22(10-12-23)31-29-32-28(33)26(37-29)16-19-14-24(30)27(25(15-19)35-2)36-17-18-7-8-20-5-3-4-6-21(20)13-18/h3-16H,17H2,1-2H3,(H,31,32,33)/b26-16+. The van der Waals surface area contributed by atoms with Crippen LogP contribution in [0, 0.1) is 0 Å². The molecule has 0 aromatic heterocycles. The fourth-order valence-electron chi connectivity index (χ4n) is 3.85. The number of amidine groups is 1. The number of carbonyl (C=O) groups excluding carboxylic acids is 1. The lowest BCUT2D eigenvalue weighted by Crippen LogP contribution is -2.19. The highest BCUT2D eigenvalue weighted by molar-refractivity contribution is 9.10. The summed E-state index contributed by atoms with van der Waals surface area (Å²) in [6.07, 6.45) is 1.80. The molecule has 1 heterocycles. The first-order valence-corrected chi connectivity index (χ1v) is 13.0. The number of benzene rings is 4. The van der Waals surface area contributed by atoms with E-state index in [-0.39, 0.29) is 5.91 Å². The molecule has 1 fully saturated rings. The van der Waals surface area contributed by atoms with Crippen molar-refractivity contribution < 1.29 is 19.0 Å². The van der Waals surface area contributed by atoms with E-state index in [1.807, 2.05) is 48.5 Å². The topological polar surface area (TPSA) is 69.2 Å². The van der Waals surface area contributed by atoms with Gasteiger partial charge >= 0.3 is 0 Å². The highest BCUT2D eigenvalue weighted by atomic mass is 79.9. The van der Waals surface area contributed by atoms with Crippen molar-refractivity contribution in [2.24, 2.45) is 4.99 Å². The summed E-state index contributed by atoms with van der Waals surface area (Å²) < 4.78 is 17.7. The van der Waals surface area contributed by atoms with Crippen LogP contribution < -0.4 is 19.5 Å². The van der Waals surface area contributed by atoms with Crippen molar-refractivity contribution in [1.29, 1.82) is 0 Å². The van der Waals surface area contributed by atoms with Crippen molar-refractivity contribution in [1.82, 2.24) is 5.32 Å². The van der Waals surface area contributed by atoms with Gasteiger partial charge in [0, 0.05) is 0 Å². The number of methoxy groups -OCH3 is 2. The molecule has 4 aromatic carbocycles. The van der Waals surface area contributed by atoms with E-state index in [9.17, 15) is 4.79 Å². The van der Waals surface area contributed by atoms with Crippen LogP contribution in [0.5, 0.6) is 17.2 Å². The number of nitrogens with one attached hydrogen (secondary N) is 1. The molecule has 5 rings (SSSR count). The van der Waals surface area contributed by atoms with E-state index in [1.54, 1.807) is 20.3 Å². The van der Waals surface area contributed by atoms with E-state index in [2.05, 4.69) is 56.6 Å². The van der Waals surface area contributed by atoms with Gasteiger partial charge in [0.15, 0.2) is 16.7 Å². The number of fused-ring (bicyclic) bond motifs is 1. The molecule has 1 saturated heterocycles. The molecule has 1 amide bonds. The number of rotatable bonds is 7. The number of amides is 1. The maximum Gasteiger partial charge on any atom is 0.264 e. The van der Waals surface area contributed by atoms with Crippen molar-refractivity contribution in [3.05, 3.63) is 99.4 Å². The van der Waals surface area contributed by atoms with Crippen LogP contribution >= 0.6 is 27.7 Å². The molecule has 0 aliphatic carbocycles. The lowest BCUT2D eigenvalue weighted by molar-refractivity contribution is -0.115. The van der Waals surface area contributed by atoms with Gasteiger partial charge in [-0.05, 0) is 98.1 Å². The number of halogens is 1. The molecule has 4 aromatic rings. The average molecular weight is 575 g/mol. The van der Waals surface area contributed by atoms with Gasteiger partial charge in [0.05, 0.1) is 29.3 Å². The van der Waals surface area contributed by atoms with Crippen LogP contribution in [0.15, 0.2) is 93.2 Å². The smallest absolute Gasteiger partial charge is 0.264 e. The minimum atomic E-state index is -0.205. The van der Waals surface area contributed by atoms with Crippen LogP contribution in [0.2, 0.25) is 0 Å². The average Bonchev–Trinajstić information content (AvgIpc) is 3.26. The number of thioether (sulfide) groups is 1. The summed E-state index contributed by atoms with van der Waals surface area (Å²) in [6, 6.07) is 25.6. The number of hydrogen-bond donors (Lipinski definition) is 1. The van der Waals surface area contributed by atoms with E-state index in [4.69, 9.17) is 14.2 Å². The summed E-state index contributed by atoms with van der Waals surface area (Å²) in [5.41, 5.74) is 2.58. The zero-order valence-corrected chi connectivity index (χ0v) is 22.6. The van der Waals surface area contributed by atoms with Crippen molar-refractivity contribution in [2.45, 2.75) is 6.61 Å². The normalized spacial score (nSPS) is 15.3. The van der Waals surface area contributed by atoms with Gasteiger partial charge in [0.2, 0.25) is 0 Å². The molecule has 0 atom stereocenters. The Morgan fingerprint density at radius 3 is 2.49 bits per heavy atom. The lowest BCUT2D eigenvalue weighted by atomic mass is 10.1. The predicted molar refractivity (Wildman–Crippen MR) is 153 cm³/mol. The van der Waals surface area contributed by atoms with Crippen molar-refractivity contribution >= 4 is 61.3 Å². The fraction of sp³-hybridized carbons (Fsp3) is 0.103. The second-order valence-corrected chi connectivity index (χ2v) is 10.1. The highest BCUT2D eigenvalue weighted by Gasteiger charge is 2.24.